The van der Waals surface area contributed by atoms with E-state index in [9.17, 15) is 5.11 Å². The van der Waals surface area contributed by atoms with Crippen molar-refractivity contribution >= 4 is 0 Å². The van der Waals surface area contributed by atoms with Gasteiger partial charge in [0.15, 0.2) is 0 Å². The summed E-state index contributed by atoms with van der Waals surface area (Å²) in [5.74, 6) is 1.23. The van der Waals surface area contributed by atoms with Gasteiger partial charge in [-0.05, 0) is 63.6 Å². The SMILES string of the molecule is COc1c(C(O)C2CC3CCC(C2)N3C)ccc(C)c1C. The molecule has 2 fully saturated rings. The molecule has 0 aromatic heterocycles. The number of hydrogen-bond donors (Lipinski definition) is 1. The van der Waals surface area contributed by atoms with E-state index in [0.717, 1.165) is 29.7 Å². The maximum atomic E-state index is 10.9. The highest BCUT2D eigenvalue weighted by Crippen LogP contribution is 2.44. The Kier molecular flexibility index (Phi) is 3.98. The van der Waals surface area contributed by atoms with Gasteiger partial charge in [0.05, 0.1) is 13.2 Å². The molecule has 3 atom stereocenters. The number of piperidine rings is 1. The summed E-state index contributed by atoms with van der Waals surface area (Å²) in [5, 5.41) is 10.9. The molecule has 0 radical (unpaired) electrons. The lowest BCUT2D eigenvalue weighted by atomic mass is 9.83. The largest absolute Gasteiger partial charge is 0.496 e. The Labute approximate surface area is 127 Å². The predicted octanol–water partition coefficient (Wildman–Crippen LogP) is 3.22. The minimum absolute atomic E-state index is 0.356. The van der Waals surface area contributed by atoms with Gasteiger partial charge >= 0.3 is 0 Å². The first kappa shape index (κ1) is 14.9. The Bertz CT molecular complexity index is 514. The fourth-order valence-electron chi connectivity index (χ4n) is 4.28. The molecule has 3 nitrogen and oxygen atoms in total. The Morgan fingerprint density at radius 1 is 1.19 bits per heavy atom. The van der Waals surface area contributed by atoms with Crippen LogP contribution in [0, 0.1) is 19.8 Å². The quantitative estimate of drug-likeness (QED) is 0.927. The van der Waals surface area contributed by atoms with Gasteiger partial charge in [-0.25, -0.2) is 0 Å². The van der Waals surface area contributed by atoms with Gasteiger partial charge in [-0.3, -0.25) is 0 Å². The predicted molar refractivity (Wildman–Crippen MR) is 84.7 cm³/mol. The topological polar surface area (TPSA) is 32.7 Å². The van der Waals surface area contributed by atoms with Crippen molar-refractivity contribution < 1.29 is 9.84 Å². The van der Waals surface area contributed by atoms with E-state index in [4.69, 9.17) is 4.74 Å². The summed E-state index contributed by atoms with van der Waals surface area (Å²) in [5.41, 5.74) is 3.32. The Hall–Kier alpha value is -1.06. The minimum Gasteiger partial charge on any atom is -0.496 e. The zero-order chi connectivity index (χ0) is 15.1. The summed E-state index contributed by atoms with van der Waals surface area (Å²) >= 11 is 0. The second-order valence-corrected chi connectivity index (χ2v) is 6.86. The first-order valence-electron chi connectivity index (χ1n) is 8.07. The summed E-state index contributed by atoms with van der Waals surface area (Å²) < 4.78 is 5.59. The Morgan fingerprint density at radius 2 is 1.81 bits per heavy atom. The molecule has 21 heavy (non-hydrogen) atoms. The molecule has 2 aliphatic rings. The number of fused-ring (bicyclic) bond motifs is 2. The van der Waals surface area contributed by atoms with E-state index in [0.29, 0.717) is 18.0 Å². The fraction of sp³-hybridized carbons (Fsp3) is 0.667. The lowest BCUT2D eigenvalue weighted by Crippen LogP contribution is -2.41. The van der Waals surface area contributed by atoms with Crippen molar-refractivity contribution in [1.82, 2.24) is 4.90 Å². The second kappa shape index (κ2) is 5.62. The van der Waals surface area contributed by atoms with Crippen molar-refractivity contribution in [2.75, 3.05) is 14.2 Å². The van der Waals surface area contributed by atoms with Crippen LogP contribution in [0.1, 0.15) is 48.5 Å². The number of methoxy groups -OCH3 is 1. The number of rotatable bonds is 3. The number of aliphatic hydroxyl groups excluding tert-OH is 1. The summed E-state index contributed by atoms with van der Waals surface area (Å²) in [6.45, 7) is 4.16. The molecule has 0 amide bonds. The standard InChI is InChI=1S/C18H27NO2/c1-11-5-8-16(18(21-4)12(11)2)17(20)13-9-14-6-7-15(10-13)19(14)3/h5,8,13-15,17,20H,6-7,9-10H2,1-4H3. The van der Waals surface area contributed by atoms with Gasteiger partial charge in [0.25, 0.3) is 0 Å². The Morgan fingerprint density at radius 3 is 2.38 bits per heavy atom. The van der Waals surface area contributed by atoms with Crippen LogP contribution in [0.15, 0.2) is 12.1 Å². The molecule has 2 bridgehead atoms. The highest BCUT2D eigenvalue weighted by Gasteiger charge is 2.41. The van der Waals surface area contributed by atoms with Crippen molar-refractivity contribution in [1.29, 1.82) is 0 Å². The molecule has 2 saturated heterocycles. The third-order valence-electron chi connectivity index (χ3n) is 5.81. The van der Waals surface area contributed by atoms with Gasteiger partial charge in [0, 0.05) is 17.6 Å². The molecule has 0 aliphatic carbocycles. The normalized spacial score (nSPS) is 30.4. The van der Waals surface area contributed by atoms with E-state index in [1.807, 2.05) is 6.07 Å². The van der Waals surface area contributed by atoms with Crippen LogP contribution >= 0.6 is 0 Å². The van der Waals surface area contributed by atoms with Gasteiger partial charge in [-0.1, -0.05) is 12.1 Å². The average Bonchev–Trinajstić information content (AvgIpc) is 2.70. The average molecular weight is 289 g/mol. The van der Waals surface area contributed by atoms with E-state index in [-0.39, 0.29) is 0 Å². The van der Waals surface area contributed by atoms with Crippen LogP contribution in [-0.2, 0) is 0 Å². The minimum atomic E-state index is -0.406. The van der Waals surface area contributed by atoms with Crippen molar-refractivity contribution in [2.24, 2.45) is 5.92 Å². The molecule has 3 heteroatoms. The maximum Gasteiger partial charge on any atom is 0.127 e. The van der Waals surface area contributed by atoms with E-state index in [2.05, 4.69) is 31.9 Å². The van der Waals surface area contributed by atoms with Crippen LogP contribution in [0.25, 0.3) is 0 Å². The third kappa shape index (κ3) is 2.47. The van der Waals surface area contributed by atoms with Crippen molar-refractivity contribution in [2.45, 2.75) is 57.7 Å². The molecule has 3 rings (SSSR count). The number of aryl methyl sites for hydroxylation is 1. The molecular formula is C18H27NO2. The van der Waals surface area contributed by atoms with E-state index < -0.39 is 6.10 Å². The molecule has 2 aliphatic heterocycles. The molecule has 0 spiro atoms. The lowest BCUT2D eigenvalue weighted by Gasteiger charge is -2.38. The van der Waals surface area contributed by atoms with Gasteiger partial charge in [-0.2, -0.15) is 0 Å². The van der Waals surface area contributed by atoms with Gasteiger partial charge in [0.2, 0.25) is 0 Å². The molecule has 1 N–H and O–H groups in total. The van der Waals surface area contributed by atoms with Crippen molar-refractivity contribution in [3.63, 3.8) is 0 Å². The fourth-order valence-corrected chi connectivity index (χ4v) is 4.28. The highest BCUT2D eigenvalue weighted by molar-refractivity contribution is 5.46. The molecular weight excluding hydrogens is 262 g/mol. The Balaban J connectivity index is 1.86. The molecule has 2 heterocycles. The first-order chi connectivity index (χ1) is 10.0. The van der Waals surface area contributed by atoms with Crippen LogP contribution < -0.4 is 4.74 Å². The molecule has 0 saturated carbocycles. The number of benzene rings is 1. The number of nitrogens with zero attached hydrogens (tertiary/aromatic N) is 1. The van der Waals surface area contributed by atoms with E-state index >= 15 is 0 Å². The van der Waals surface area contributed by atoms with Gasteiger partial charge in [0.1, 0.15) is 5.75 Å². The van der Waals surface area contributed by atoms with Gasteiger partial charge < -0.3 is 14.7 Å². The van der Waals surface area contributed by atoms with E-state index in [1.54, 1.807) is 7.11 Å². The molecule has 1 aromatic carbocycles. The van der Waals surface area contributed by atoms with E-state index in [1.165, 1.54) is 18.4 Å². The van der Waals surface area contributed by atoms with Crippen LogP contribution in [0.2, 0.25) is 0 Å². The third-order valence-corrected chi connectivity index (χ3v) is 5.81. The summed E-state index contributed by atoms with van der Waals surface area (Å²) in [6.07, 6.45) is 4.37. The number of ether oxygens (including phenoxy) is 1. The van der Waals surface area contributed by atoms with Crippen molar-refractivity contribution in [3.05, 3.63) is 28.8 Å². The summed E-state index contributed by atoms with van der Waals surface area (Å²) in [7, 11) is 3.94. The maximum absolute atomic E-state index is 10.9. The first-order valence-corrected chi connectivity index (χ1v) is 8.07. The van der Waals surface area contributed by atoms with Crippen molar-refractivity contribution in [3.8, 4) is 5.75 Å². The monoisotopic (exact) mass is 289 g/mol. The zero-order valence-corrected chi connectivity index (χ0v) is 13.6. The smallest absolute Gasteiger partial charge is 0.127 e. The van der Waals surface area contributed by atoms with Gasteiger partial charge in [-0.15, -0.1) is 0 Å². The number of aliphatic hydroxyl groups is 1. The second-order valence-electron chi connectivity index (χ2n) is 6.86. The molecule has 116 valence electrons. The summed E-state index contributed by atoms with van der Waals surface area (Å²) in [6, 6.07) is 5.45. The van der Waals surface area contributed by atoms with Crippen LogP contribution in [0.5, 0.6) is 5.75 Å². The molecule has 3 unspecified atom stereocenters. The summed E-state index contributed by atoms with van der Waals surface area (Å²) in [4.78, 5) is 2.51. The number of hydrogen-bond acceptors (Lipinski definition) is 3. The molecule has 1 aromatic rings. The van der Waals surface area contributed by atoms with Crippen LogP contribution in [0.3, 0.4) is 0 Å². The zero-order valence-electron chi connectivity index (χ0n) is 13.6. The van der Waals surface area contributed by atoms with Crippen LogP contribution in [0.4, 0.5) is 0 Å². The van der Waals surface area contributed by atoms with Crippen LogP contribution in [-0.4, -0.2) is 36.2 Å². The lowest BCUT2D eigenvalue weighted by molar-refractivity contribution is 0.0343. The highest BCUT2D eigenvalue weighted by atomic mass is 16.5.